The molecule has 0 bridgehead atoms. The predicted molar refractivity (Wildman–Crippen MR) is 92.5 cm³/mol. The summed E-state index contributed by atoms with van der Waals surface area (Å²) in [5, 5.41) is 2.57. The molecule has 0 aliphatic rings. The Morgan fingerprint density at radius 3 is 2.40 bits per heavy atom. The lowest BCUT2D eigenvalue weighted by atomic mass is 10.2. The molecule has 0 atom stereocenters. The second-order valence-corrected chi connectivity index (χ2v) is 5.48. The van der Waals surface area contributed by atoms with Crippen molar-refractivity contribution in [2.75, 3.05) is 26.8 Å². The number of carbonyl (C=O) groups is 2. The first-order chi connectivity index (χ1) is 12.1. The van der Waals surface area contributed by atoms with E-state index in [0.717, 1.165) is 5.56 Å². The van der Waals surface area contributed by atoms with Gasteiger partial charge in [0.1, 0.15) is 5.82 Å². The molecular formula is C19H21FN2O3. The van der Waals surface area contributed by atoms with Crippen LogP contribution in [-0.4, -0.2) is 43.5 Å². The summed E-state index contributed by atoms with van der Waals surface area (Å²) in [5.74, 6) is -1.04. The van der Waals surface area contributed by atoms with Crippen molar-refractivity contribution in [1.29, 1.82) is 0 Å². The van der Waals surface area contributed by atoms with Crippen molar-refractivity contribution in [3.05, 3.63) is 71.5 Å². The second kappa shape index (κ2) is 9.54. The molecule has 0 aromatic heterocycles. The van der Waals surface area contributed by atoms with Gasteiger partial charge in [0.25, 0.3) is 5.91 Å². The summed E-state index contributed by atoms with van der Waals surface area (Å²) in [7, 11) is 1.57. The Kier molecular flexibility index (Phi) is 7.10. The summed E-state index contributed by atoms with van der Waals surface area (Å²) in [6.07, 6.45) is 0. The fourth-order valence-corrected chi connectivity index (χ4v) is 2.27. The van der Waals surface area contributed by atoms with Crippen molar-refractivity contribution in [1.82, 2.24) is 10.2 Å². The largest absolute Gasteiger partial charge is 0.383 e. The molecule has 0 heterocycles. The molecular weight excluding hydrogens is 323 g/mol. The van der Waals surface area contributed by atoms with E-state index in [0.29, 0.717) is 25.3 Å². The minimum absolute atomic E-state index is 0.132. The highest BCUT2D eigenvalue weighted by molar-refractivity contribution is 5.96. The molecule has 0 fully saturated rings. The lowest BCUT2D eigenvalue weighted by Crippen LogP contribution is -2.41. The summed E-state index contributed by atoms with van der Waals surface area (Å²) >= 11 is 0. The second-order valence-electron chi connectivity index (χ2n) is 5.48. The van der Waals surface area contributed by atoms with Crippen LogP contribution in [0, 0.1) is 5.82 Å². The molecule has 2 aromatic carbocycles. The van der Waals surface area contributed by atoms with Crippen LogP contribution < -0.4 is 5.32 Å². The van der Waals surface area contributed by atoms with Crippen LogP contribution in [0.15, 0.2) is 54.6 Å². The highest BCUT2D eigenvalue weighted by Gasteiger charge is 2.15. The van der Waals surface area contributed by atoms with Gasteiger partial charge in [0.2, 0.25) is 5.91 Å². The molecule has 2 rings (SSSR count). The van der Waals surface area contributed by atoms with Crippen LogP contribution in [0.3, 0.4) is 0 Å². The molecule has 2 amide bonds. The molecule has 0 aliphatic heterocycles. The Morgan fingerprint density at radius 2 is 1.76 bits per heavy atom. The van der Waals surface area contributed by atoms with E-state index in [1.807, 2.05) is 30.3 Å². The summed E-state index contributed by atoms with van der Waals surface area (Å²) in [5.41, 5.74) is 1.30. The molecule has 25 heavy (non-hydrogen) atoms. The van der Waals surface area contributed by atoms with Crippen molar-refractivity contribution in [2.24, 2.45) is 0 Å². The normalized spacial score (nSPS) is 10.3. The maximum Gasteiger partial charge on any atom is 0.251 e. The van der Waals surface area contributed by atoms with Gasteiger partial charge in [0.05, 0.1) is 13.2 Å². The molecule has 1 N–H and O–H groups in total. The average Bonchev–Trinajstić information content (AvgIpc) is 2.64. The number of rotatable bonds is 8. The van der Waals surface area contributed by atoms with Gasteiger partial charge in [0.15, 0.2) is 0 Å². The molecule has 0 unspecified atom stereocenters. The lowest BCUT2D eigenvalue weighted by molar-refractivity contribution is -0.131. The first kappa shape index (κ1) is 18.6. The molecule has 0 saturated carbocycles. The van der Waals surface area contributed by atoms with Crippen LogP contribution in [0.4, 0.5) is 4.39 Å². The van der Waals surface area contributed by atoms with Gasteiger partial charge >= 0.3 is 0 Å². The van der Waals surface area contributed by atoms with Crippen molar-refractivity contribution < 1.29 is 18.7 Å². The fourth-order valence-electron chi connectivity index (χ4n) is 2.27. The van der Waals surface area contributed by atoms with Crippen LogP contribution in [0.5, 0.6) is 0 Å². The third-order valence-electron chi connectivity index (χ3n) is 3.64. The third-order valence-corrected chi connectivity index (χ3v) is 3.64. The molecule has 0 saturated heterocycles. The number of ether oxygens (including phenoxy) is 1. The van der Waals surface area contributed by atoms with E-state index in [-0.39, 0.29) is 12.5 Å². The zero-order valence-electron chi connectivity index (χ0n) is 14.1. The molecule has 0 aliphatic carbocycles. The van der Waals surface area contributed by atoms with Gasteiger partial charge in [-0.05, 0) is 29.8 Å². The van der Waals surface area contributed by atoms with Crippen LogP contribution in [-0.2, 0) is 16.1 Å². The molecule has 6 heteroatoms. The van der Waals surface area contributed by atoms with Crippen molar-refractivity contribution >= 4 is 11.8 Å². The Balaban J connectivity index is 1.93. The zero-order chi connectivity index (χ0) is 18.1. The van der Waals surface area contributed by atoms with Gasteiger partial charge in [0, 0.05) is 25.8 Å². The maximum atomic E-state index is 12.9. The first-order valence-corrected chi connectivity index (χ1v) is 7.94. The van der Waals surface area contributed by atoms with E-state index in [4.69, 9.17) is 4.74 Å². The summed E-state index contributed by atoms with van der Waals surface area (Å²) in [6, 6.07) is 14.8. The van der Waals surface area contributed by atoms with Gasteiger partial charge in [-0.1, -0.05) is 30.3 Å². The lowest BCUT2D eigenvalue weighted by Gasteiger charge is -2.22. The predicted octanol–water partition coefficient (Wildman–Crippen LogP) is 2.23. The summed E-state index contributed by atoms with van der Waals surface area (Å²) < 4.78 is 17.9. The molecule has 0 radical (unpaired) electrons. The number of nitrogens with zero attached hydrogens (tertiary/aromatic N) is 1. The van der Waals surface area contributed by atoms with Gasteiger partial charge in [-0.15, -0.1) is 0 Å². The molecule has 5 nitrogen and oxygen atoms in total. The van der Waals surface area contributed by atoms with Gasteiger partial charge in [-0.3, -0.25) is 9.59 Å². The van der Waals surface area contributed by atoms with E-state index >= 15 is 0 Å². The fraction of sp³-hybridized carbons (Fsp3) is 0.263. The van der Waals surface area contributed by atoms with Crippen LogP contribution in [0.25, 0.3) is 0 Å². The maximum absolute atomic E-state index is 12.9. The minimum atomic E-state index is -0.417. The molecule has 2 aromatic rings. The SMILES string of the molecule is COCCN(Cc1ccccc1)C(=O)CNC(=O)c1ccc(F)cc1. The topological polar surface area (TPSA) is 58.6 Å². The van der Waals surface area contributed by atoms with Gasteiger partial charge in [-0.2, -0.15) is 0 Å². The number of nitrogens with one attached hydrogen (secondary N) is 1. The van der Waals surface area contributed by atoms with E-state index in [2.05, 4.69) is 5.32 Å². The number of halogens is 1. The Morgan fingerprint density at radius 1 is 1.08 bits per heavy atom. The van der Waals surface area contributed by atoms with Gasteiger partial charge in [-0.25, -0.2) is 4.39 Å². The number of benzene rings is 2. The Hall–Kier alpha value is -2.73. The smallest absolute Gasteiger partial charge is 0.251 e. The number of carbonyl (C=O) groups excluding carboxylic acids is 2. The third kappa shape index (κ3) is 6.00. The Labute approximate surface area is 146 Å². The first-order valence-electron chi connectivity index (χ1n) is 7.94. The average molecular weight is 344 g/mol. The number of amides is 2. The standard InChI is InChI=1S/C19H21FN2O3/c1-25-12-11-22(14-15-5-3-2-4-6-15)18(23)13-21-19(24)16-7-9-17(20)10-8-16/h2-10H,11-14H2,1H3,(H,21,24). The Bertz CT molecular complexity index is 690. The summed E-state index contributed by atoms with van der Waals surface area (Å²) in [6.45, 7) is 1.14. The summed E-state index contributed by atoms with van der Waals surface area (Å²) in [4.78, 5) is 26.1. The van der Waals surface area contributed by atoms with Crippen LogP contribution in [0.1, 0.15) is 15.9 Å². The highest BCUT2D eigenvalue weighted by Crippen LogP contribution is 2.05. The zero-order valence-corrected chi connectivity index (χ0v) is 14.1. The van der Waals surface area contributed by atoms with Gasteiger partial charge < -0.3 is 15.0 Å². The van der Waals surface area contributed by atoms with Crippen molar-refractivity contribution in [3.63, 3.8) is 0 Å². The van der Waals surface area contributed by atoms with E-state index < -0.39 is 11.7 Å². The minimum Gasteiger partial charge on any atom is -0.383 e. The van der Waals surface area contributed by atoms with Crippen LogP contribution in [0.2, 0.25) is 0 Å². The highest BCUT2D eigenvalue weighted by atomic mass is 19.1. The quantitative estimate of drug-likeness (QED) is 0.799. The van der Waals surface area contributed by atoms with Crippen molar-refractivity contribution in [2.45, 2.75) is 6.54 Å². The molecule has 132 valence electrons. The van der Waals surface area contributed by atoms with E-state index in [9.17, 15) is 14.0 Å². The van der Waals surface area contributed by atoms with E-state index in [1.54, 1.807) is 12.0 Å². The molecule has 0 spiro atoms. The monoisotopic (exact) mass is 344 g/mol. The number of hydrogen-bond donors (Lipinski definition) is 1. The number of methoxy groups -OCH3 is 1. The van der Waals surface area contributed by atoms with E-state index in [1.165, 1.54) is 24.3 Å². The van der Waals surface area contributed by atoms with Crippen LogP contribution >= 0.6 is 0 Å². The number of hydrogen-bond acceptors (Lipinski definition) is 3. The van der Waals surface area contributed by atoms with Crippen molar-refractivity contribution in [3.8, 4) is 0 Å².